The van der Waals surface area contributed by atoms with Crippen molar-refractivity contribution in [3.63, 3.8) is 0 Å². The topological polar surface area (TPSA) is 375 Å². The van der Waals surface area contributed by atoms with E-state index in [1.807, 2.05) is 0 Å². The molecule has 394 valence electrons. The van der Waals surface area contributed by atoms with Gasteiger partial charge in [-0.3, -0.25) is 67.7 Å². The van der Waals surface area contributed by atoms with Gasteiger partial charge in [-0.05, 0) is 25.0 Å². The number of phosphoric ester groups is 2. The lowest BCUT2D eigenvalue weighted by Crippen LogP contribution is -2.79. The first-order valence-electron chi connectivity index (χ1n) is 23.2. The van der Waals surface area contributed by atoms with Crippen LogP contribution in [-0.4, -0.2) is 231 Å². The maximum absolute atomic E-state index is 14.4. The number of amides is 10. The molecule has 0 saturated carbocycles. The number of fused-ring (bicyclic) bond motifs is 6. The highest BCUT2D eigenvalue weighted by molar-refractivity contribution is 8.00. The van der Waals surface area contributed by atoms with E-state index in [4.69, 9.17) is 37.0 Å². The van der Waals surface area contributed by atoms with Crippen LogP contribution in [0.2, 0.25) is 0 Å². The summed E-state index contributed by atoms with van der Waals surface area (Å²) in [5, 5.41) is 45.7. The largest absolute Gasteiger partial charge is 0.472 e. The number of aliphatic hydroxyl groups excluding tert-OH is 4. The minimum absolute atomic E-state index is 0.0964. The van der Waals surface area contributed by atoms with Crippen molar-refractivity contribution in [3.05, 3.63) is 22.5 Å². The fraction of sp³-hybridized carbons (Fsp3) is 0.744. The van der Waals surface area contributed by atoms with E-state index in [0.717, 1.165) is 21.6 Å². The molecule has 0 aromatic rings. The van der Waals surface area contributed by atoms with Crippen molar-refractivity contribution in [2.24, 2.45) is 5.92 Å². The van der Waals surface area contributed by atoms with Crippen LogP contribution in [0.5, 0.6) is 0 Å². The molecule has 4 unspecified atom stereocenters. The summed E-state index contributed by atoms with van der Waals surface area (Å²) in [6, 6.07) is -6.01. The van der Waals surface area contributed by atoms with Gasteiger partial charge in [-0.15, -0.1) is 11.8 Å². The van der Waals surface area contributed by atoms with E-state index >= 15 is 0 Å². The van der Waals surface area contributed by atoms with Gasteiger partial charge in [0.15, 0.2) is 0 Å². The third kappa shape index (κ3) is 7.37. The van der Waals surface area contributed by atoms with Crippen molar-refractivity contribution in [2.75, 3.05) is 32.2 Å². The molecule has 11 fully saturated rings. The number of nitrogens with one attached hydrogen (secondary N) is 2. The molecule has 33 heteroatoms. The normalized spacial score (nSPS) is 46.7. The van der Waals surface area contributed by atoms with Gasteiger partial charge in [-0.1, -0.05) is 0 Å². The van der Waals surface area contributed by atoms with Gasteiger partial charge in [-0.2, -0.15) is 0 Å². The van der Waals surface area contributed by atoms with Gasteiger partial charge in [-0.25, -0.2) is 28.3 Å². The summed E-state index contributed by atoms with van der Waals surface area (Å²) >= 11 is 0.851. The molecular weight excluding hydrogens is 1030 g/mol. The van der Waals surface area contributed by atoms with Crippen molar-refractivity contribution in [2.45, 2.75) is 143 Å². The molecule has 10 amide bonds. The molecule has 30 nitrogen and oxygen atoms in total. The number of nitrogens with zero attached hydrogens (tertiary/aromatic N) is 6. The first kappa shape index (κ1) is 49.1. The fourth-order valence-electron chi connectivity index (χ4n) is 12.1. The van der Waals surface area contributed by atoms with Crippen LogP contribution in [0.3, 0.4) is 0 Å². The smallest absolute Gasteiger partial charge is 0.394 e. The van der Waals surface area contributed by atoms with Crippen LogP contribution in [0, 0.1) is 5.92 Å². The molecule has 0 aliphatic carbocycles. The zero-order valence-corrected chi connectivity index (χ0v) is 40.6. The molecule has 0 radical (unpaired) electrons. The molecule has 8 N–H and O–H groups in total. The molecule has 0 spiro atoms. The third-order valence-corrected chi connectivity index (χ3v) is 18.9. The lowest BCUT2D eigenvalue weighted by Gasteiger charge is -2.63. The molecule has 14 aliphatic rings. The average molecular weight is 1080 g/mol. The van der Waals surface area contributed by atoms with Crippen molar-refractivity contribution < 1.29 is 105 Å². The molecule has 0 aromatic carbocycles. The quantitative estimate of drug-likeness (QED) is 0.131. The summed E-state index contributed by atoms with van der Waals surface area (Å²) in [6.07, 6.45) is -17.4. The number of carbonyl (C=O) groups is 6. The molecule has 72 heavy (non-hydrogen) atoms. The number of urea groups is 4. The number of aliphatic hydroxyl groups is 4. The number of hydrogen-bond acceptors (Lipinski definition) is 21. The number of phosphoric acid groups is 2. The van der Waals surface area contributed by atoms with Gasteiger partial charge in [0, 0.05) is 31.4 Å². The highest BCUT2D eigenvalue weighted by Gasteiger charge is 2.67. The Kier molecular flexibility index (Phi) is 11.8. The first-order valence-corrected chi connectivity index (χ1v) is 27.3. The lowest BCUT2D eigenvalue weighted by atomic mass is 9.82. The Morgan fingerprint density at radius 1 is 0.597 bits per heavy atom. The second-order valence-corrected chi connectivity index (χ2v) is 23.4. The second kappa shape index (κ2) is 17.3. The maximum atomic E-state index is 14.4. The Bertz CT molecular complexity index is 2410. The van der Waals surface area contributed by atoms with Crippen LogP contribution in [0.25, 0.3) is 0 Å². The highest BCUT2D eigenvalue weighted by Crippen LogP contribution is 2.56. The van der Waals surface area contributed by atoms with Crippen LogP contribution in [0.15, 0.2) is 22.5 Å². The van der Waals surface area contributed by atoms with Gasteiger partial charge in [0.1, 0.15) is 79.1 Å². The predicted octanol–water partition coefficient (Wildman–Crippen LogP) is -2.55. The maximum Gasteiger partial charge on any atom is 0.472 e. The SMILES string of the molecule is CC1=C2[C@H]3[C@@H](CS[C@H]4C(=O)NC(=O)N5[C@H]6C[C@H](OP(=O)(O)OC[C@H]7O[C@H](C[C@@H]7O)N7C(=O)N8C(=C(C)C87)[C@@H]45)[C@@H](CO)O6)C(=O)NC(=O)N3[C@H]3C[C@H](OP(=O)(O)OC[C@H]4O[C@H](C[C@@H]4O)N4C(=O)N2C14)[C@@H](CO)O3. The molecule has 14 rings (SSSR count). The number of hydrogen-bond donors (Lipinski definition) is 8. The van der Waals surface area contributed by atoms with Gasteiger partial charge in [0.05, 0.1) is 68.0 Å². The van der Waals surface area contributed by atoms with Crippen molar-refractivity contribution >= 4 is 63.3 Å². The zero-order chi connectivity index (χ0) is 50.8. The Labute approximate surface area is 411 Å². The van der Waals surface area contributed by atoms with E-state index in [1.54, 1.807) is 13.8 Å². The predicted molar refractivity (Wildman–Crippen MR) is 230 cm³/mol. The summed E-state index contributed by atoms with van der Waals surface area (Å²) in [7, 11) is -9.95. The minimum Gasteiger partial charge on any atom is -0.394 e. The monoisotopic (exact) mass is 1080 g/mol. The number of ether oxygens (including phenoxy) is 4. The lowest BCUT2D eigenvalue weighted by molar-refractivity contribution is -0.142. The Morgan fingerprint density at radius 2 is 1.03 bits per heavy atom. The molecule has 14 heterocycles. The van der Waals surface area contributed by atoms with E-state index in [2.05, 4.69) is 10.6 Å². The van der Waals surface area contributed by atoms with Gasteiger partial charge in [0.25, 0.3) is 0 Å². The molecule has 11 saturated heterocycles. The van der Waals surface area contributed by atoms with Crippen LogP contribution in [0.1, 0.15) is 39.5 Å². The van der Waals surface area contributed by atoms with Crippen molar-refractivity contribution in [1.82, 2.24) is 40.0 Å². The highest BCUT2D eigenvalue weighted by atomic mass is 32.2. The fourth-order valence-corrected chi connectivity index (χ4v) is 15.5. The number of imide groups is 2. The zero-order valence-electron chi connectivity index (χ0n) is 38.0. The number of carbonyl (C=O) groups excluding carboxylic acids is 6. The minimum atomic E-state index is -4.97. The molecule has 0 aromatic heterocycles. The van der Waals surface area contributed by atoms with Crippen LogP contribution < -0.4 is 10.6 Å². The van der Waals surface area contributed by atoms with Crippen LogP contribution >= 0.6 is 27.4 Å². The van der Waals surface area contributed by atoms with E-state index in [9.17, 15) is 68.1 Å². The summed E-state index contributed by atoms with van der Waals surface area (Å²) in [6.45, 7) is 0.599. The number of rotatable bonds is 5. The van der Waals surface area contributed by atoms with Crippen LogP contribution in [-0.2, 0) is 55.8 Å². The van der Waals surface area contributed by atoms with E-state index in [-0.39, 0.29) is 42.8 Å². The van der Waals surface area contributed by atoms with E-state index < -0.39 is 187 Å². The molecule has 16 bridgehead atoms. The molecular formula is C39H50N8O22P2S. The Hall–Kier alpha value is -3.85. The van der Waals surface area contributed by atoms with Gasteiger partial charge in [0.2, 0.25) is 11.8 Å². The van der Waals surface area contributed by atoms with E-state index in [0.29, 0.717) is 11.1 Å². The number of thioether (sulfide) groups is 1. The van der Waals surface area contributed by atoms with Gasteiger partial charge >= 0.3 is 39.8 Å². The second-order valence-electron chi connectivity index (χ2n) is 19.4. The summed E-state index contributed by atoms with van der Waals surface area (Å²) in [5.41, 5.74) is 1.42. The Morgan fingerprint density at radius 3 is 1.50 bits per heavy atom. The third-order valence-electron chi connectivity index (χ3n) is 15.5. The Balaban J connectivity index is 0.917. The van der Waals surface area contributed by atoms with Gasteiger partial charge < -0.3 is 49.2 Å². The first-order chi connectivity index (χ1) is 34.2. The van der Waals surface area contributed by atoms with Crippen molar-refractivity contribution in [3.8, 4) is 0 Å². The van der Waals surface area contributed by atoms with Crippen LogP contribution in [0.4, 0.5) is 19.2 Å². The van der Waals surface area contributed by atoms with E-state index in [1.165, 1.54) is 19.6 Å². The summed E-state index contributed by atoms with van der Waals surface area (Å²) in [5.74, 6) is -3.44. The average Bonchev–Trinajstić information content (AvgIpc) is 4.09. The van der Waals surface area contributed by atoms with Crippen molar-refractivity contribution in [1.29, 1.82) is 0 Å². The molecule has 14 aliphatic heterocycles. The molecule has 20 atom stereocenters. The summed E-state index contributed by atoms with van der Waals surface area (Å²) < 4.78 is 72.1. The standard InChI is InChI=1S/C39H50N8O22P2S/c1-12-27-29-14(32(52)40-36(54)42(29)25-5-17(19(7-48)64-25)68-70(58,59)62-9-21-15(50)3-23(66-21)44-34(12)46(27)38(44)56)11-72-31-30-28-13(2)35-45(39(57)47(28)35)24-4-16(51)22(67-24)10-63-71(60,61)69-18-6-26(65-20(18)8-49)43(30)37(55)41-33(31)53/h14-26,29-31,34-35,48-51H,3-11H2,1-2H3,(H,58,59)(H,60,61)(H,40,52,54)(H,41,53,55)/t14-,15+,16+,17+,18+,19-,20-,21-,22-,23-,24-,25-,26-,29-,30+,31-,34?,35?/m1/s1. The summed E-state index contributed by atoms with van der Waals surface area (Å²) in [4.78, 5) is 115.